The first kappa shape index (κ1) is 23.8. The van der Waals surface area contributed by atoms with Gasteiger partial charge < -0.3 is 10.1 Å². The molecule has 2 aromatic carbocycles. The number of alkyl halides is 3. The van der Waals surface area contributed by atoms with Gasteiger partial charge >= 0.3 is 6.18 Å². The van der Waals surface area contributed by atoms with Gasteiger partial charge in [-0.1, -0.05) is 36.0 Å². The number of hydrogen-bond donors (Lipinski definition) is 1. The van der Waals surface area contributed by atoms with Gasteiger partial charge in [-0.05, 0) is 41.3 Å². The van der Waals surface area contributed by atoms with E-state index < -0.39 is 17.6 Å². The van der Waals surface area contributed by atoms with Crippen LogP contribution in [0.4, 0.5) is 18.9 Å². The molecule has 0 bridgehead atoms. The number of para-hydroxylation sites is 1. The molecule has 176 valence electrons. The second-order valence-electron chi connectivity index (χ2n) is 7.15. The molecular formula is C23H18F3N3O3S2. The fraction of sp³-hybridized carbons (Fsp3) is 0.174. The van der Waals surface area contributed by atoms with Crippen LogP contribution in [-0.4, -0.2) is 28.3 Å². The Morgan fingerprint density at radius 3 is 2.59 bits per heavy atom. The van der Waals surface area contributed by atoms with Crippen molar-refractivity contribution in [2.75, 3.05) is 18.2 Å². The van der Waals surface area contributed by atoms with Crippen LogP contribution in [0, 0.1) is 0 Å². The van der Waals surface area contributed by atoms with Crippen molar-refractivity contribution in [3.63, 3.8) is 0 Å². The minimum absolute atomic E-state index is 0.213. The third kappa shape index (κ3) is 5.26. The van der Waals surface area contributed by atoms with Crippen LogP contribution in [0.25, 0.3) is 10.2 Å². The summed E-state index contributed by atoms with van der Waals surface area (Å²) in [6, 6.07) is 13.7. The average Bonchev–Trinajstić information content (AvgIpc) is 3.29. The second-order valence-corrected chi connectivity index (χ2v) is 9.01. The van der Waals surface area contributed by atoms with Crippen molar-refractivity contribution in [3.8, 4) is 5.75 Å². The number of benzene rings is 2. The molecule has 0 aliphatic heterocycles. The van der Waals surface area contributed by atoms with E-state index in [-0.39, 0.29) is 23.5 Å². The van der Waals surface area contributed by atoms with Gasteiger partial charge in [0.15, 0.2) is 5.16 Å². The number of hydrogen-bond acceptors (Lipinski definition) is 6. The van der Waals surface area contributed by atoms with E-state index in [2.05, 4.69) is 10.3 Å². The molecule has 0 aliphatic carbocycles. The maximum absolute atomic E-state index is 13.2. The zero-order valence-corrected chi connectivity index (χ0v) is 19.4. The molecule has 0 unspecified atom stereocenters. The molecule has 11 heteroatoms. The first-order valence-electron chi connectivity index (χ1n) is 9.96. The van der Waals surface area contributed by atoms with Crippen molar-refractivity contribution >= 4 is 44.9 Å². The lowest BCUT2D eigenvalue weighted by molar-refractivity contribution is -0.137. The summed E-state index contributed by atoms with van der Waals surface area (Å²) >= 11 is 2.26. The van der Waals surface area contributed by atoms with E-state index in [1.165, 1.54) is 34.1 Å². The number of amides is 1. The summed E-state index contributed by atoms with van der Waals surface area (Å²) in [5.41, 5.74) is -0.168. The molecule has 4 rings (SSSR count). The fourth-order valence-corrected chi connectivity index (χ4v) is 4.82. The topological polar surface area (TPSA) is 73.2 Å². The van der Waals surface area contributed by atoms with Crippen molar-refractivity contribution < 1.29 is 22.7 Å². The number of thioether (sulfide) groups is 1. The standard InChI is InChI=1S/C23H18F3N3O3S2/c1-32-15-8-6-14(7-9-15)12-29-21(31)20-18(10-11-33-20)28-22(29)34-13-19(30)27-17-5-3-2-4-16(17)23(24,25)26/h2-11H,12-13H2,1H3,(H,27,30). The highest BCUT2D eigenvalue weighted by molar-refractivity contribution is 7.99. The third-order valence-electron chi connectivity index (χ3n) is 4.87. The van der Waals surface area contributed by atoms with Gasteiger partial charge in [-0.2, -0.15) is 13.2 Å². The lowest BCUT2D eigenvalue weighted by atomic mass is 10.1. The predicted octanol–water partition coefficient (Wildman–Crippen LogP) is 5.26. The number of nitrogens with one attached hydrogen (secondary N) is 1. The Labute approximate surface area is 200 Å². The first-order valence-corrected chi connectivity index (χ1v) is 11.8. The molecule has 0 aliphatic rings. The highest BCUT2D eigenvalue weighted by atomic mass is 32.2. The van der Waals surface area contributed by atoms with Crippen molar-refractivity contribution in [3.05, 3.63) is 81.5 Å². The Bertz CT molecular complexity index is 1380. The molecule has 0 fully saturated rings. The molecule has 6 nitrogen and oxygen atoms in total. The van der Waals surface area contributed by atoms with Gasteiger partial charge in [0.2, 0.25) is 5.91 Å². The Morgan fingerprint density at radius 2 is 1.88 bits per heavy atom. The Kier molecular flexibility index (Phi) is 6.94. The van der Waals surface area contributed by atoms with Gasteiger partial charge in [0.25, 0.3) is 5.56 Å². The highest BCUT2D eigenvalue weighted by Crippen LogP contribution is 2.34. The summed E-state index contributed by atoms with van der Waals surface area (Å²) in [7, 11) is 1.56. The molecule has 0 saturated heterocycles. The van der Waals surface area contributed by atoms with Crippen molar-refractivity contribution in [2.45, 2.75) is 17.9 Å². The minimum atomic E-state index is -4.60. The summed E-state index contributed by atoms with van der Waals surface area (Å²) in [5.74, 6) is -0.192. The quantitative estimate of drug-likeness (QED) is 0.274. The summed E-state index contributed by atoms with van der Waals surface area (Å²) in [6.45, 7) is 0.213. The van der Waals surface area contributed by atoms with Crippen LogP contribution in [0.5, 0.6) is 5.75 Å². The number of carbonyl (C=O) groups excluding carboxylic acids is 1. The Hall–Kier alpha value is -3.31. The van der Waals surface area contributed by atoms with E-state index in [9.17, 15) is 22.8 Å². The number of methoxy groups -OCH3 is 1. The summed E-state index contributed by atoms with van der Waals surface area (Å²) < 4.78 is 46.7. The van der Waals surface area contributed by atoms with Crippen LogP contribution in [-0.2, 0) is 17.5 Å². The Balaban J connectivity index is 1.57. The molecule has 4 aromatic rings. The molecule has 0 atom stereocenters. The summed E-state index contributed by atoms with van der Waals surface area (Å²) in [4.78, 5) is 30.1. The molecule has 2 aromatic heterocycles. The van der Waals surface area contributed by atoms with Gasteiger partial charge in [-0.15, -0.1) is 11.3 Å². The van der Waals surface area contributed by atoms with Gasteiger partial charge in [-0.3, -0.25) is 14.2 Å². The molecule has 0 spiro atoms. The van der Waals surface area contributed by atoms with Gasteiger partial charge in [0.1, 0.15) is 10.4 Å². The average molecular weight is 506 g/mol. The number of rotatable bonds is 7. The second kappa shape index (κ2) is 9.90. The molecule has 34 heavy (non-hydrogen) atoms. The van der Waals surface area contributed by atoms with Gasteiger partial charge in [0, 0.05) is 0 Å². The van der Waals surface area contributed by atoms with E-state index in [1.807, 2.05) is 12.1 Å². The zero-order valence-electron chi connectivity index (χ0n) is 17.8. The van der Waals surface area contributed by atoms with E-state index in [4.69, 9.17) is 4.74 Å². The molecule has 2 heterocycles. The normalized spacial score (nSPS) is 11.5. The lowest BCUT2D eigenvalue weighted by Gasteiger charge is -2.14. The SMILES string of the molecule is COc1ccc(Cn2c(SCC(=O)Nc3ccccc3C(F)(F)F)nc3ccsc3c2=O)cc1. The predicted molar refractivity (Wildman–Crippen MR) is 127 cm³/mol. The Morgan fingerprint density at radius 1 is 1.15 bits per heavy atom. The van der Waals surface area contributed by atoms with Crippen LogP contribution < -0.4 is 15.6 Å². The number of fused-ring (bicyclic) bond motifs is 1. The highest BCUT2D eigenvalue weighted by Gasteiger charge is 2.33. The van der Waals surface area contributed by atoms with Crippen LogP contribution in [0.2, 0.25) is 0 Å². The van der Waals surface area contributed by atoms with Crippen molar-refractivity contribution in [2.24, 2.45) is 0 Å². The molecule has 1 amide bonds. The van der Waals surface area contributed by atoms with Crippen LogP contribution in [0.3, 0.4) is 0 Å². The number of halogens is 3. The largest absolute Gasteiger partial charge is 0.497 e. The van der Waals surface area contributed by atoms with Crippen LogP contribution in [0.1, 0.15) is 11.1 Å². The van der Waals surface area contributed by atoms with Crippen LogP contribution >= 0.6 is 23.1 Å². The van der Waals surface area contributed by atoms with Crippen molar-refractivity contribution in [1.82, 2.24) is 9.55 Å². The summed E-state index contributed by atoms with van der Waals surface area (Å²) in [6.07, 6.45) is -4.60. The van der Waals surface area contributed by atoms with Gasteiger partial charge in [-0.25, -0.2) is 4.98 Å². The molecular weight excluding hydrogens is 487 g/mol. The number of carbonyl (C=O) groups is 1. The first-order chi connectivity index (χ1) is 16.3. The number of nitrogens with zero attached hydrogens (tertiary/aromatic N) is 2. The maximum atomic E-state index is 13.2. The van der Waals surface area contributed by atoms with Gasteiger partial charge in [0.05, 0.1) is 36.2 Å². The smallest absolute Gasteiger partial charge is 0.418 e. The number of thiophene rings is 1. The van der Waals surface area contributed by atoms with E-state index in [0.29, 0.717) is 21.1 Å². The maximum Gasteiger partial charge on any atom is 0.418 e. The zero-order chi connectivity index (χ0) is 24.3. The van der Waals surface area contributed by atoms with Crippen LogP contribution in [0.15, 0.2) is 69.9 Å². The number of ether oxygens (including phenoxy) is 1. The number of aromatic nitrogens is 2. The monoisotopic (exact) mass is 505 g/mol. The summed E-state index contributed by atoms with van der Waals surface area (Å²) in [5, 5.41) is 4.36. The third-order valence-corrected chi connectivity index (χ3v) is 6.74. The van der Waals surface area contributed by atoms with E-state index >= 15 is 0 Å². The fourth-order valence-electron chi connectivity index (χ4n) is 3.24. The van der Waals surface area contributed by atoms with E-state index in [1.54, 1.807) is 30.7 Å². The number of anilines is 1. The molecule has 0 radical (unpaired) electrons. The van der Waals surface area contributed by atoms with Crippen molar-refractivity contribution in [1.29, 1.82) is 0 Å². The molecule has 1 N–H and O–H groups in total. The minimum Gasteiger partial charge on any atom is -0.497 e. The molecule has 0 saturated carbocycles. The lowest BCUT2D eigenvalue weighted by Crippen LogP contribution is -2.24. The van der Waals surface area contributed by atoms with E-state index in [0.717, 1.165) is 23.4 Å².